The number of rotatable bonds is 4. The minimum absolute atomic E-state index is 0.250. The van der Waals surface area contributed by atoms with Crippen LogP contribution in [-0.4, -0.2) is 19.7 Å². The lowest BCUT2D eigenvalue weighted by atomic mass is 10.1. The average Bonchev–Trinajstić information content (AvgIpc) is 2.23. The lowest BCUT2D eigenvalue weighted by molar-refractivity contribution is -0.141. The number of ether oxygens (including phenoxy) is 2. The molecule has 0 aromatic heterocycles. The van der Waals surface area contributed by atoms with Gasteiger partial charge in [-0.2, -0.15) is 0 Å². The lowest BCUT2D eigenvalue weighted by Gasteiger charge is -2.09. The Morgan fingerprint density at radius 3 is 2.73 bits per heavy atom. The number of benzene rings is 1. The Kier molecular flexibility index (Phi) is 4.16. The van der Waals surface area contributed by atoms with Gasteiger partial charge in [-0.25, -0.2) is 0 Å². The zero-order chi connectivity index (χ0) is 11.3. The van der Waals surface area contributed by atoms with Crippen LogP contribution in [0, 0.1) is 13.8 Å². The first-order valence-electron chi connectivity index (χ1n) is 4.90. The molecule has 0 N–H and O–H groups in total. The van der Waals surface area contributed by atoms with Gasteiger partial charge in [0.1, 0.15) is 5.75 Å². The van der Waals surface area contributed by atoms with Gasteiger partial charge >= 0.3 is 5.97 Å². The molecule has 0 atom stereocenters. The summed E-state index contributed by atoms with van der Waals surface area (Å²) < 4.78 is 10.0. The maximum atomic E-state index is 10.9. The summed E-state index contributed by atoms with van der Waals surface area (Å²) in [5.74, 6) is 0.583. The molecular weight excluding hydrogens is 192 g/mol. The molecule has 3 nitrogen and oxygen atoms in total. The smallest absolute Gasteiger partial charge is 0.308 e. The van der Waals surface area contributed by atoms with E-state index in [4.69, 9.17) is 4.74 Å². The fourth-order valence-electron chi connectivity index (χ4n) is 1.21. The monoisotopic (exact) mass is 208 g/mol. The van der Waals surface area contributed by atoms with Crippen LogP contribution in [0.1, 0.15) is 17.5 Å². The van der Waals surface area contributed by atoms with Crippen molar-refractivity contribution in [2.45, 2.75) is 20.3 Å². The SMILES string of the molecule is COC(=O)CCOc1cc(C)ccc1C. The minimum atomic E-state index is -0.250. The van der Waals surface area contributed by atoms with Crippen LogP contribution >= 0.6 is 0 Å². The second-order valence-electron chi connectivity index (χ2n) is 3.44. The Hall–Kier alpha value is -1.51. The van der Waals surface area contributed by atoms with Crippen LogP contribution in [0.25, 0.3) is 0 Å². The molecule has 0 fully saturated rings. The molecule has 0 saturated heterocycles. The third-order valence-corrected chi connectivity index (χ3v) is 2.14. The highest BCUT2D eigenvalue weighted by molar-refractivity contribution is 5.69. The number of hydrogen-bond acceptors (Lipinski definition) is 3. The molecule has 0 unspecified atom stereocenters. The molecule has 0 spiro atoms. The van der Waals surface area contributed by atoms with Gasteiger partial charge in [-0.3, -0.25) is 4.79 Å². The molecule has 0 aliphatic carbocycles. The van der Waals surface area contributed by atoms with E-state index < -0.39 is 0 Å². The first-order chi connectivity index (χ1) is 7.13. The highest BCUT2D eigenvalue weighted by atomic mass is 16.5. The van der Waals surface area contributed by atoms with Gasteiger partial charge in [-0.15, -0.1) is 0 Å². The molecule has 0 aliphatic heterocycles. The van der Waals surface area contributed by atoms with Crippen molar-refractivity contribution >= 4 is 5.97 Å². The molecule has 1 aromatic carbocycles. The van der Waals surface area contributed by atoms with Gasteiger partial charge in [0.25, 0.3) is 0 Å². The maximum absolute atomic E-state index is 10.9. The topological polar surface area (TPSA) is 35.5 Å². The normalized spacial score (nSPS) is 9.80. The molecule has 82 valence electrons. The summed E-state index contributed by atoms with van der Waals surface area (Å²) in [7, 11) is 1.38. The van der Waals surface area contributed by atoms with Gasteiger partial charge in [0.2, 0.25) is 0 Å². The van der Waals surface area contributed by atoms with E-state index in [1.165, 1.54) is 7.11 Å². The molecule has 1 rings (SSSR count). The Balaban J connectivity index is 2.50. The molecule has 0 saturated carbocycles. The molecule has 3 heteroatoms. The standard InChI is InChI=1S/C12H16O3/c1-9-4-5-10(2)11(8-9)15-7-6-12(13)14-3/h4-5,8H,6-7H2,1-3H3. The molecule has 0 aliphatic rings. The second kappa shape index (κ2) is 5.39. The first-order valence-corrected chi connectivity index (χ1v) is 4.90. The quantitative estimate of drug-likeness (QED) is 0.712. The van der Waals surface area contributed by atoms with Crippen molar-refractivity contribution in [2.75, 3.05) is 13.7 Å². The van der Waals surface area contributed by atoms with Crippen LogP contribution in [0.2, 0.25) is 0 Å². The summed E-state index contributed by atoms with van der Waals surface area (Å²) >= 11 is 0. The third kappa shape index (κ3) is 3.62. The van der Waals surface area contributed by atoms with Crippen molar-refractivity contribution in [1.29, 1.82) is 0 Å². The Bertz CT molecular complexity index is 345. The van der Waals surface area contributed by atoms with E-state index in [1.54, 1.807) is 0 Å². The van der Waals surface area contributed by atoms with Gasteiger partial charge in [0.15, 0.2) is 0 Å². The fourth-order valence-corrected chi connectivity index (χ4v) is 1.21. The van der Waals surface area contributed by atoms with Crippen molar-refractivity contribution in [3.8, 4) is 5.75 Å². The predicted octanol–water partition coefficient (Wildman–Crippen LogP) is 2.25. The molecule has 0 heterocycles. The number of methoxy groups -OCH3 is 1. The predicted molar refractivity (Wildman–Crippen MR) is 58.0 cm³/mol. The van der Waals surface area contributed by atoms with Gasteiger partial charge in [0.05, 0.1) is 20.1 Å². The number of esters is 1. The molecule has 1 aromatic rings. The second-order valence-corrected chi connectivity index (χ2v) is 3.44. The van der Waals surface area contributed by atoms with E-state index in [9.17, 15) is 4.79 Å². The molecule has 0 bridgehead atoms. The fraction of sp³-hybridized carbons (Fsp3) is 0.417. The number of hydrogen-bond donors (Lipinski definition) is 0. The van der Waals surface area contributed by atoms with E-state index in [2.05, 4.69) is 4.74 Å². The van der Waals surface area contributed by atoms with Crippen molar-refractivity contribution in [3.05, 3.63) is 29.3 Å². The van der Waals surface area contributed by atoms with E-state index in [0.717, 1.165) is 16.9 Å². The van der Waals surface area contributed by atoms with Crippen LogP contribution in [0.3, 0.4) is 0 Å². The minimum Gasteiger partial charge on any atom is -0.493 e. The summed E-state index contributed by atoms with van der Waals surface area (Å²) in [6, 6.07) is 6.00. The molecule has 15 heavy (non-hydrogen) atoms. The lowest BCUT2D eigenvalue weighted by Crippen LogP contribution is -2.08. The van der Waals surface area contributed by atoms with E-state index in [0.29, 0.717) is 6.61 Å². The van der Waals surface area contributed by atoms with Crippen LogP contribution < -0.4 is 4.74 Å². The van der Waals surface area contributed by atoms with E-state index in [-0.39, 0.29) is 12.4 Å². The van der Waals surface area contributed by atoms with E-state index in [1.807, 2.05) is 32.0 Å². The summed E-state index contributed by atoms with van der Waals surface area (Å²) in [6.07, 6.45) is 0.282. The summed E-state index contributed by atoms with van der Waals surface area (Å²) in [4.78, 5) is 10.9. The zero-order valence-corrected chi connectivity index (χ0v) is 9.37. The van der Waals surface area contributed by atoms with Crippen LogP contribution in [0.15, 0.2) is 18.2 Å². The third-order valence-electron chi connectivity index (χ3n) is 2.14. The Morgan fingerprint density at radius 1 is 1.33 bits per heavy atom. The Labute approximate surface area is 90.0 Å². The number of aryl methyl sites for hydroxylation is 2. The summed E-state index contributed by atoms with van der Waals surface area (Å²) in [6.45, 7) is 4.34. The van der Waals surface area contributed by atoms with Crippen molar-refractivity contribution in [1.82, 2.24) is 0 Å². The van der Waals surface area contributed by atoms with Crippen LogP contribution in [0.5, 0.6) is 5.75 Å². The van der Waals surface area contributed by atoms with Crippen LogP contribution in [-0.2, 0) is 9.53 Å². The highest BCUT2D eigenvalue weighted by Crippen LogP contribution is 2.19. The van der Waals surface area contributed by atoms with Crippen molar-refractivity contribution in [3.63, 3.8) is 0 Å². The van der Waals surface area contributed by atoms with Gasteiger partial charge in [-0.05, 0) is 31.0 Å². The van der Waals surface area contributed by atoms with Crippen molar-refractivity contribution in [2.24, 2.45) is 0 Å². The van der Waals surface area contributed by atoms with Gasteiger partial charge < -0.3 is 9.47 Å². The molecular formula is C12H16O3. The average molecular weight is 208 g/mol. The number of carbonyl (C=O) groups is 1. The first kappa shape index (κ1) is 11.6. The Morgan fingerprint density at radius 2 is 2.07 bits per heavy atom. The molecule has 0 radical (unpaired) electrons. The summed E-state index contributed by atoms with van der Waals surface area (Å²) in [5, 5.41) is 0. The van der Waals surface area contributed by atoms with Gasteiger partial charge in [-0.1, -0.05) is 12.1 Å². The van der Waals surface area contributed by atoms with E-state index >= 15 is 0 Å². The highest BCUT2D eigenvalue weighted by Gasteiger charge is 2.03. The van der Waals surface area contributed by atoms with Crippen molar-refractivity contribution < 1.29 is 14.3 Å². The zero-order valence-electron chi connectivity index (χ0n) is 9.37. The van der Waals surface area contributed by atoms with Crippen LogP contribution in [0.4, 0.5) is 0 Å². The largest absolute Gasteiger partial charge is 0.493 e. The number of carbonyl (C=O) groups excluding carboxylic acids is 1. The molecule has 0 amide bonds. The summed E-state index contributed by atoms with van der Waals surface area (Å²) in [5.41, 5.74) is 2.22. The maximum Gasteiger partial charge on any atom is 0.308 e. The van der Waals surface area contributed by atoms with Gasteiger partial charge in [0, 0.05) is 0 Å².